The van der Waals surface area contributed by atoms with Crippen molar-refractivity contribution in [2.75, 3.05) is 5.32 Å². The van der Waals surface area contributed by atoms with Crippen LogP contribution in [0.25, 0.3) is 0 Å². The predicted octanol–water partition coefficient (Wildman–Crippen LogP) is 3.28. The SMILES string of the molecule is O=C(Nc1cccc2c1CC(O)CC2)OCc1ccccc1. The molecule has 22 heavy (non-hydrogen) atoms. The number of carbonyl (C=O) groups excluding carboxylic acids is 1. The van der Waals surface area contributed by atoms with Crippen molar-refractivity contribution in [1.82, 2.24) is 0 Å². The molecule has 4 nitrogen and oxygen atoms in total. The van der Waals surface area contributed by atoms with Gasteiger partial charge in [0.15, 0.2) is 0 Å². The van der Waals surface area contributed by atoms with Crippen molar-refractivity contribution in [3.05, 3.63) is 65.2 Å². The fourth-order valence-electron chi connectivity index (χ4n) is 2.76. The molecule has 0 radical (unpaired) electrons. The van der Waals surface area contributed by atoms with Gasteiger partial charge >= 0.3 is 6.09 Å². The van der Waals surface area contributed by atoms with Gasteiger partial charge in [-0.05, 0) is 35.6 Å². The lowest BCUT2D eigenvalue weighted by Crippen LogP contribution is -2.22. The quantitative estimate of drug-likeness (QED) is 0.914. The van der Waals surface area contributed by atoms with E-state index in [0.29, 0.717) is 6.42 Å². The van der Waals surface area contributed by atoms with Crippen LogP contribution in [0.3, 0.4) is 0 Å². The van der Waals surface area contributed by atoms with E-state index >= 15 is 0 Å². The second-order valence-electron chi connectivity index (χ2n) is 5.53. The molecule has 2 aromatic carbocycles. The second kappa shape index (κ2) is 6.62. The van der Waals surface area contributed by atoms with Crippen LogP contribution >= 0.6 is 0 Å². The molecule has 1 unspecified atom stereocenters. The number of nitrogens with one attached hydrogen (secondary N) is 1. The average molecular weight is 297 g/mol. The van der Waals surface area contributed by atoms with Gasteiger partial charge in [0.2, 0.25) is 0 Å². The summed E-state index contributed by atoms with van der Waals surface area (Å²) in [6.07, 6.45) is 1.37. The van der Waals surface area contributed by atoms with E-state index in [1.807, 2.05) is 48.5 Å². The van der Waals surface area contributed by atoms with E-state index in [1.165, 1.54) is 5.56 Å². The van der Waals surface area contributed by atoms with Gasteiger partial charge in [-0.25, -0.2) is 4.79 Å². The van der Waals surface area contributed by atoms with E-state index in [2.05, 4.69) is 5.32 Å². The van der Waals surface area contributed by atoms with Crippen LogP contribution in [-0.2, 0) is 24.2 Å². The number of ether oxygens (including phenoxy) is 1. The lowest BCUT2D eigenvalue weighted by molar-refractivity contribution is 0.153. The van der Waals surface area contributed by atoms with Gasteiger partial charge in [0.1, 0.15) is 6.61 Å². The molecule has 4 heteroatoms. The number of amides is 1. The molecule has 1 atom stereocenters. The molecule has 0 saturated carbocycles. The Kier molecular flexibility index (Phi) is 4.39. The molecule has 0 aromatic heterocycles. The topological polar surface area (TPSA) is 58.6 Å². The molecule has 0 aliphatic heterocycles. The fraction of sp³-hybridized carbons (Fsp3) is 0.278. The molecule has 2 N–H and O–H groups in total. The third-order valence-electron chi connectivity index (χ3n) is 3.91. The van der Waals surface area contributed by atoms with Crippen LogP contribution in [0.1, 0.15) is 23.1 Å². The van der Waals surface area contributed by atoms with Crippen molar-refractivity contribution in [1.29, 1.82) is 0 Å². The normalized spacial score (nSPS) is 16.7. The van der Waals surface area contributed by atoms with Crippen molar-refractivity contribution in [3.8, 4) is 0 Å². The number of aliphatic hydroxyl groups excluding tert-OH is 1. The van der Waals surface area contributed by atoms with E-state index in [-0.39, 0.29) is 12.7 Å². The van der Waals surface area contributed by atoms with Gasteiger partial charge in [-0.1, -0.05) is 42.5 Å². The maximum absolute atomic E-state index is 12.0. The summed E-state index contributed by atoms with van der Waals surface area (Å²) in [5, 5.41) is 12.6. The number of hydrogen-bond donors (Lipinski definition) is 2. The van der Waals surface area contributed by atoms with Gasteiger partial charge < -0.3 is 9.84 Å². The standard InChI is InChI=1S/C18H19NO3/c20-15-10-9-14-7-4-8-17(16(14)11-15)19-18(21)22-12-13-5-2-1-3-6-13/h1-8,15,20H,9-12H2,(H,19,21). The van der Waals surface area contributed by atoms with Crippen LogP contribution in [0.5, 0.6) is 0 Å². The number of hydrogen-bond acceptors (Lipinski definition) is 3. The molecule has 2 aromatic rings. The van der Waals surface area contributed by atoms with E-state index < -0.39 is 6.09 Å². The van der Waals surface area contributed by atoms with Crippen LogP contribution in [0.2, 0.25) is 0 Å². The number of anilines is 1. The summed E-state index contributed by atoms with van der Waals surface area (Å²) >= 11 is 0. The van der Waals surface area contributed by atoms with Crippen molar-refractivity contribution < 1.29 is 14.6 Å². The Balaban J connectivity index is 1.64. The largest absolute Gasteiger partial charge is 0.444 e. The summed E-state index contributed by atoms with van der Waals surface area (Å²) in [5.74, 6) is 0. The Bertz CT molecular complexity index is 655. The number of carbonyl (C=O) groups is 1. The molecule has 3 rings (SSSR count). The first-order valence-corrected chi connectivity index (χ1v) is 7.49. The molecular weight excluding hydrogens is 278 g/mol. The zero-order chi connectivity index (χ0) is 15.4. The fourth-order valence-corrected chi connectivity index (χ4v) is 2.76. The van der Waals surface area contributed by atoms with Crippen molar-refractivity contribution in [2.45, 2.75) is 32.0 Å². The predicted molar refractivity (Wildman–Crippen MR) is 84.7 cm³/mol. The first-order chi connectivity index (χ1) is 10.7. The summed E-state index contributed by atoms with van der Waals surface area (Å²) in [5.41, 5.74) is 3.88. The molecule has 0 spiro atoms. The van der Waals surface area contributed by atoms with E-state index in [0.717, 1.165) is 29.7 Å². The van der Waals surface area contributed by atoms with Gasteiger partial charge in [0.25, 0.3) is 0 Å². The average Bonchev–Trinajstić information content (AvgIpc) is 2.54. The van der Waals surface area contributed by atoms with E-state index in [1.54, 1.807) is 0 Å². The van der Waals surface area contributed by atoms with Crippen molar-refractivity contribution in [3.63, 3.8) is 0 Å². The summed E-state index contributed by atoms with van der Waals surface area (Å²) in [6, 6.07) is 15.4. The number of fused-ring (bicyclic) bond motifs is 1. The summed E-state index contributed by atoms with van der Waals surface area (Å²) in [4.78, 5) is 12.0. The summed E-state index contributed by atoms with van der Waals surface area (Å²) in [6.45, 7) is 0.240. The Morgan fingerprint density at radius 2 is 2.00 bits per heavy atom. The van der Waals surface area contributed by atoms with E-state index in [4.69, 9.17) is 4.74 Å². The van der Waals surface area contributed by atoms with Crippen LogP contribution in [0.15, 0.2) is 48.5 Å². The molecule has 0 fully saturated rings. The minimum Gasteiger partial charge on any atom is -0.444 e. The van der Waals surface area contributed by atoms with Crippen molar-refractivity contribution in [2.24, 2.45) is 0 Å². The van der Waals surface area contributed by atoms with Crippen LogP contribution < -0.4 is 5.32 Å². The first-order valence-electron chi connectivity index (χ1n) is 7.49. The molecule has 1 amide bonds. The summed E-state index contributed by atoms with van der Waals surface area (Å²) in [7, 11) is 0. The van der Waals surface area contributed by atoms with Gasteiger partial charge in [0.05, 0.1) is 6.10 Å². The maximum atomic E-state index is 12.0. The molecule has 1 aliphatic rings. The Morgan fingerprint density at radius 3 is 2.82 bits per heavy atom. The lowest BCUT2D eigenvalue weighted by atomic mass is 9.88. The minimum atomic E-state index is -0.475. The minimum absolute atomic E-state index is 0.240. The third-order valence-corrected chi connectivity index (χ3v) is 3.91. The monoisotopic (exact) mass is 297 g/mol. The van der Waals surface area contributed by atoms with Gasteiger partial charge in [0, 0.05) is 12.1 Å². The highest BCUT2D eigenvalue weighted by molar-refractivity contribution is 5.86. The summed E-state index contributed by atoms with van der Waals surface area (Å²) < 4.78 is 5.24. The highest BCUT2D eigenvalue weighted by Crippen LogP contribution is 2.28. The number of aliphatic hydroxyl groups is 1. The molecular formula is C18H19NO3. The molecule has 1 aliphatic carbocycles. The Hall–Kier alpha value is -2.33. The van der Waals surface area contributed by atoms with Crippen molar-refractivity contribution >= 4 is 11.8 Å². The van der Waals surface area contributed by atoms with Gasteiger partial charge in [-0.3, -0.25) is 5.32 Å². The van der Waals surface area contributed by atoms with Gasteiger partial charge in [-0.2, -0.15) is 0 Å². The molecule has 0 heterocycles. The highest BCUT2D eigenvalue weighted by atomic mass is 16.5. The molecule has 114 valence electrons. The van der Waals surface area contributed by atoms with E-state index in [9.17, 15) is 9.90 Å². The Morgan fingerprint density at radius 1 is 1.18 bits per heavy atom. The first kappa shape index (κ1) is 14.6. The van der Waals surface area contributed by atoms with Gasteiger partial charge in [-0.15, -0.1) is 0 Å². The smallest absolute Gasteiger partial charge is 0.411 e. The van der Waals surface area contributed by atoms with Crippen LogP contribution in [0, 0.1) is 0 Å². The van der Waals surface area contributed by atoms with Crippen LogP contribution in [-0.4, -0.2) is 17.3 Å². The Labute approximate surface area is 129 Å². The maximum Gasteiger partial charge on any atom is 0.411 e. The number of rotatable bonds is 3. The number of benzene rings is 2. The molecule has 0 saturated heterocycles. The second-order valence-corrected chi connectivity index (χ2v) is 5.53. The lowest BCUT2D eigenvalue weighted by Gasteiger charge is -2.23. The van der Waals surface area contributed by atoms with Crippen LogP contribution in [0.4, 0.5) is 10.5 Å². The zero-order valence-corrected chi connectivity index (χ0v) is 12.3. The molecule has 0 bridgehead atoms. The highest BCUT2D eigenvalue weighted by Gasteiger charge is 2.20. The third kappa shape index (κ3) is 3.46. The zero-order valence-electron chi connectivity index (χ0n) is 12.3. The number of aryl methyl sites for hydroxylation is 1.